The molecule has 0 amide bonds. The van der Waals surface area contributed by atoms with Gasteiger partial charge < -0.3 is 10.5 Å². The minimum absolute atomic E-state index is 0.0520. The molecule has 7 nitrogen and oxygen atoms in total. The van der Waals surface area contributed by atoms with Gasteiger partial charge in [-0.1, -0.05) is 0 Å². The lowest BCUT2D eigenvalue weighted by Gasteiger charge is -2.10. The monoisotopic (exact) mass is 338 g/mol. The fourth-order valence-corrected chi connectivity index (χ4v) is 1.91. The highest BCUT2D eigenvalue weighted by Crippen LogP contribution is 2.34. The minimum Gasteiger partial charge on any atom is -0.437 e. The summed E-state index contributed by atoms with van der Waals surface area (Å²) in [7, 11) is 0. The Morgan fingerprint density at radius 2 is 2.00 bits per heavy atom. The number of hydrogen-bond acceptors (Lipinski definition) is 6. The van der Waals surface area contributed by atoms with E-state index >= 15 is 0 Å². The van der Waals surface area contributed by atoms with E-state index in [1.807, 2.05) is 0 Å². The highest BCUT2D eigenvalue weighted by atomic mass is 79.9. The van der Waals surface area contributed by atoms with Crippen molar-refractivity contribution in [1.29, 1.82) is 0 Å². The number of nitrogens with zero attached hydrogens (tertiary/aromatic N) is 3. The van der Waals surface area contributed by atoms with Crippen LogP contribution in [0.1, 0.15) is 11.1 Å². The molecule has 0 aliphatic carbocycles. The third-order valence-electron chi connectivity index (χ3n) is 2.68. The third-order valence-corrected chi connectivity index (χ3v) is 3.43. The molecule has 1 aromatic carbocycles. The van der Waals surface area contributed by atoms with Gasteiger partial charge in [0.05, 0.1) is 4.92 Å². The number of ether oxygens (including phenoxy) is 1. The van der Waals surface area contributed by atoms with E-state index in [2.05, 4.69) is 25.9 Å². The molecule has 20 heavy (non-hydrogen) atoms. The molecule has 0 saturated carbocycles. The molecule has 2 aromatic rings. The van der Waals surface area contributed by atoms with Gasteiger partial charge in [0, 0.05) is 11.6 Å². The van der Waals surface area contributed by atoms with Crippen LogP contribution in [0.2, 0.25) is 0 Å². The summed E-state index contributed by atoms with van der Waals surface area (Å²) in [6.45, 7) is 3.37. The zero-order chi connectivity index (χ0) is 14.9. The molecule has 0 saturated heterocycles. The fourth-order valence-electron chi connectivity index (χ4n) is 1.62. The Balaban J connectivity index is 2.42. The number of anilines is 1. The van der Waals surface area contributed by atoms with Crippen LogP contribution in [0.25, 0.3) is 0 Å². The number of hydrogen-bond donors (Lipinski definition) is 1. The topological polar surface area (TPSA) is 104 Å². The van der Waals surface area contributed by atoms with Crippen molar-refractivity contribution in [1.82, 2.24) is 9.97 Å². The quantitative estimate of drug-likeness (QED) is 0.680. The van der Waals surface area contributed by atoms with Crippen molar-refractivity contribution in [3.05, 3.63) is 44.2 Å². The highest BCUT2D eigenvalue weighted by molar-refractivity contribution is 9.10. The maximum Gasteiger partial charge on any atom is 0.272 e. The van der Waals surface area contributed by atoms with E-state index in [1.54, 1.807) is 19.9 Å². The van der Waals surface area contributed by atoms with Crippen molar-refractivity contribution in [3.63, 3.8) is 0 Å². The van der Waals surface area contributed by atoms with Gasteiger partial charge in [0.25, 0.3) is 5.69 Å². The molecular formula is C12H11BrN4O3. The number of aromatic nitrogens is 2. The Hall–Kier alpha value is -2.22. The lowest BCUT2D eigenvalue weighted by atomic mass is 10.1. The summed E-state index contributed by atoms with van der Waals surface area (Å²) in [5.74, 6) is 0.993. The Kier molecular flexibility index (Phi) is 3.84. The SMILES string of the molecule is Cc1cc([N+](=O)[O-])c(C)cc1Oc1ncnc(N)c1Br. The van der Waals surface area contributed by atoms with Gasteiger partial charge in [-0.15, -0.1) is 0 Å². The van der Waals surface area contributed by atoms with Crippen LogP contribution in [0.5, 0.6) is 11.6 Å². The lowest BCUT2D eigenvalue weighted by molar-refractivity contribution is -0.385. The van der Waals surface area contributed by atoms with Gasteiger partial charge in [-0.2, -0.15) is 0 Å². The second kappa shape index (κ2) is 5.41. The smallest absolute Gasteiger partial charge is 0.272 e. The first-order valence-electron chi connectivity index (χ1n) is 5.59. The third kappa shape index (κ3) is 2.69. The van der Waals surface area contributed by atoms with Crippen molar-refractivity contribution in [2.75, 3.05) is 5.73 Å². The number of rotatable bonds is 3. The molecule has 0 spiro atoms. The summed E-state index contributed by atoms with van der Waals surface area (Å²) in [5.41, 5.74) is 6.83. The molecule has 0 bridgehead atoms. The van der Waals surface area contributed by atoms with Crippen LogP contribution in [0.4, 0.5) is 11.5 Å². The molecule has 1 aromatic heterocycles. The highest BCUT2D eigenvalue weighted by Gasteiger charge is 2.16. The number of nitrogens with two attached hydrogens (primary N) is 1. The fraction of sp³-hybridized carbons (Fsp3) is 0.167. The predicted molar refractivity (Wildman–Crippen MR) is 76.8 cm³/mol. The van der Waals surface area contributed by atoms with Gasteiger partial charge in [0.1, 0.15) is 22.4 Å². The first-order valence-corrected chi connectivity index (χ1v) is 6.39. The zero-order valence-corrected chi connectivity index (χ0v) is 12.3. The molecule has 104 valence electrons. The van der Waals surface area contributed by atoms with E-state index in [-0.39, 0.29) is 17.4 Å². The van der Waals surface area contributed by atoms with Crippen molar-refractivity contribution >= 4 is 27.4 Å². The molecule has 0 aliphatic rings. The maximum absolute atomic E-state index is 10.9. The molecule has 0 aliphatic heterocycles. The van der Waals surface area contributed by atoms with Gasteiger partial charge in [-0.25, -0.2) is 9.97 Å². The minimum atomic E-state index is -0.426. The van der Waals surface area contributed by atoms with E-state index in [4.69, 9.17) is 10.5 Å². The maximum atomic E-state index is 10.9. The van der Waals surface area contributed by atoms with Crippen LogP contribution in [-0.4, -0.2) is 14.9 Å². The van der Waals surface area contributed by atoms with Crippen molar-refractivity contribution in [2.45, 2.75) is 13.8 Å². The average molecular weight is 339 g/mol. The Morgan fingerprint density at radius 1 is 1.30 bits per heavy atom. The summed E-state index contributed by atoms with van der Waals surface area (Å²) in [4.78, 5) is 18.2. The molecule has 2 rings (SSSR count). The second-order valence-electron chi connectivity index (χ2n) is 4.14. The number of benzene rings is 1. The number of nitro groups is 1. The van der Waals surface area contributed by atoms with Crippen LogP contribution >= 0.6 is 15.9 Å². The molecule has 1 heterocycles. The van der Waals surface area contributed by atoms with Crippen molar-refractivity contribution in [3.8, 4) is 11.6 Å². The summed E-state index contributed by atoms with van der Waals surface area (Å²) in [6.07, 6.45) is 1.28. The molecule has 8 heteroatoms. The number of aryl methyl sites for hydroxylation is 2. The summed E-state index contributed by atoms with van der Waals surface area (Å²) < 4.78 is 6.08. The molecule has 0 unspecified atom stereocenters. The van der Waals surface area contributed by atoms with Crippen molar-refractivity contribution < 1.29 is 9.66 Å². The molecule has 0 atom stereocenters. The average Bonchev–Trinajstić information content (AvgIpc) is 2.38. The van der Waals surface area contributed by atoms with Crippen LogP contribution < -0.4 is 10.5 Å². The van der Waals surface area contributed by atoms with Gasteiger partial charge >= 0.3 is 0 Å². The Labute approximate surface area is 123 Å². The predicted octanol–water partition coefficient (Wildman–Crippen LogP) is 3.14. The second-order valence-corrected chi connectivity index (χ2v) is 4.93. The molecule has 0 fully saturated rings. The van der Waals surface area contributed by atoms with Crippen LogP contribution in [-0.2, 0) is 0 Å². The first-order chi connectivity index (χ1) is 9.40. The normalized spacial score (nSPS) is 10.3. The van der Waals surface area contributed by atoms with Crippen molar-refractivity contribution in [2.24, 2.45) is 0 Å². The lowest BCUT2D eigenvalue weighted by Crippen LogP contribution is -1.99. The summed E-state index contributed by atoms with van der Waals surface area (Å²) in [6, 6.07) is 3.06. The standard InChI is InChI=1S/C12H11BrN4O3/c1-6-4-9(7(2)3-8(6)17(18)19)20-12-10(13)11(14)15-5-16-12/h3-5H,1-2H3,(H2,14,15,16). The summed E-state index contributed by atoms with van der Waals surface area (Å²) >= 11 is 3.24. The number of halogens is 1. The Morgan fingerprint density at radius 3 is 2.65 bits per heavy atom. The van der Waals surface area contributed by atoms with E-state index < -0.39 is 4.92 Å². The molecule has 2 N–H and O–H groups in total. The van der Waals surface area contributed by atoms with Gasteiger partial charge in [-0.05, 0) is 41.4 Å². The zero-order valence-electron chi connectivity index (χ0n) is 10.8. The number of nitro benzene ring substituents is 1. The molecule has 0 radical (unpaired) electrons. The van der Waals surface area contributed by atoms with Gasteiger partial charge in [0.15, 0.2) is 0 Å². The van der Waals surface area contributed by atoms with E-state index in [0.717, 1.165) is 0 Å². The van der Waals surface area contributed by atoms with Gasteiger partial charge in [-0.3, -0.25) is 10.1 Å². The van der Waals surface area contributed by atoms with E-state index in [0.29, 0.717) is 21.3 Å². The van der Waals surface area contributed by atoms with Crippen LogP contribution in [0.15, 0.2) is 22.9 Å². The van der Waals surface area contributed by atoms with E-state index in [1.165, 1.54) is 12.4 Å². The Bertz CT molecular complexity index is 691. The van der Waals surface area contributed by atoms with Crippen LogP contribution in [0.3, 0.4) is 0 Å². The molecular weight excluding hydrogens is 328 g/mol. The number of nitrogen functional groups attached to an aromatic ring is 1. The van der Waals surface area contributed by atoms with E-state index in [9.17, 15) is 10.1 Å². The summed E-state index contributed by atoms with van der Waals surface area (Å²) in [5, 5.41) is 10.9. The largest absolute Gasteiger partial charge is 0.437 e. The van der Waals surface area contributed by atoms with Crippen LogP contribution in [0, 0.1) is 24.0 Å². The van der Waals surface area contributed by atoms with Gasteiger partial charge in [0.2, 0.25) is 5.88 Å². The first kappa shape index (κ1) is 14.2.